The van der Waals surface area contributed by atoms with Crippen molar-refractivity contribution in [2.75, 3.05) is 78.5 Å². The number of rotatable bonds is 9. The van der Waals surface area contributed by atoms with E-state index in [4.69, 9.17) is 5.11 Å². The van der Waals surface area contributed by atoms with E-state index in [1.54, 1.807) is 4.90 Å². The molecular weight excluding hydrogens is 552 g/mol. The summed E-state index contributed by atoms with van der Waals surface area (Å²) in [6.07, 6.45) is 0.994. The average molecular weight is 584 g/mol. The molecule has 166 valence electrons. The number of hydrogen-bond acceptors (Lipinski definition) is 7. The minimum absolute atomic E-state index is 0.0817. The molecule has 0 amide bonds. The molecule has 0 aromatic carbocycles. The van der Waals surface area contributed by atoms with Crippen LogP contribution in [0.1, 0.15) is 13.3 Å². The summed E-state index contributed by atoms with van der Waals surface area (Å²) < 4.78 is 1.40. The van der Waals surface area contributed by atoms with Gasteiger partial charge in [-0.2, -0.15) is 0 Å². The molecule has 1 fully saturated rings. The number of hydrogen-bond donors (Lipinski definition) is 3. The molecule has 1 heterocycles. The SMILES string of the molecule is CC[C](=[W])CN1CCN(CC(=O)O)CCN(CC(=O)O)CCN(CC(=O)O)CC1. The molecular formula is C18H32N4O6W. The van der Waals surface area contributed by atoms with Gasteiger partial charge < -0.3 is 0 Å². The number of aliphatic carboxylic acids is 3. The van der Waals surface area contributed by atoms with Gasteiger partial charge >= 0.3 is 182 Å². The molecule has 0 aliphatic carbocycles. The van der Waals surface area contributed by atoms with Crippen molar-refractivity contribution in [1.29, 1.82) is 0 Å². The first kappa shape index (κ1) is 25.8. The van der Waals surface area contributed by atoms with Crippen LogP contribution in [0.2, 0.25) is 0 Å². The molecule has 0 radical (unpaired) electrons. The van der Waals surface area contributed by atoms with E-state index in [9.17, 15) is 24.6 Å². The maximum atomic E-state index is 11.2. The Bertz CT molecular complexity index is 545. The van der Waals surface area contributed by atoms with E-state index in [1.165, 1.54) is 23.3 Å². The molecule has 29 heavy (non-hydrogen) atoms. The van der Waals surface area contributed by atoms with Crippen LogP contribution in [0.5, 0.6) is 0 Å². The van der Waals surface area contributed by atoms with Gasteiger partial charge in [-0.05, 0) is 0 Å². The van der Waals surface area contributed by atoms with E-state index in [1.807, 2.05) is 9.80 Å². The molecule has 1 saturated heterocycles. The van der Waals surface area contributed by atoms with Gasteiger partial charge in [-0.3, -0.25) is 0 Å². The topological polar surface area (TPSA) is 125 Å². The second-order valence-electron chi connectivity index (χ2n) is 7.18. The molecule has 0 atom stereocenters. The summed E-state index contributed by atoms with van der Waals surface area (Å²) in [4.78, 5) is 41.3. The van der Waals surface area contributed by atoms with Crippen LogP contribution in [-0.2, 0) is 33.7 Å². The third kappa shape index (κ3) is 12.2. The van der Waals surface area contributed by atoms with Gasteiger partial charge in [0.15, 0.2) is 0 Å². The standard InChI is InChI=1S/C18H32N4O6.W/c1-2-3-4-19-5-7-20(13-16(23)24)9-11-22(15-18(27)28)12-10-21(8-6-19)14-17(25)26;/h2,4-15H2,1H3,(H,23,24)(H,25,26)(H,27,28);. The summed E-state index contributed by atoms with van der Waals surface area (Å²) in [6, 6.07) is 0. The van der Waals surface area contributed by atoms with Crippen LogP contribution in [0.15, 0.2) is 0 Å². The summed E-state index contributed by atoms with van der Waals surface area (Å²) in [5.74, 6) is -2.76. The van der Waals surface area contributed by atoms with Gasteiger partial charge in [-0.1, -0.05) is 0 Å². The fourth-order valence-corrected chi connectivity index (χ4v) is 3.80. The second-order valence-corrected chi connectivity index (χ2v) is 9.25. The molecule has 0 aromatic rings. The van der Waals surface area contributed by atoms with Gasteiger partial charge in [-0.15, -0.1) is 0 Å². The zero-order valence-electron chi connectivity index (χ0n) is 17.0. The van der Waals surface area contributed by atoms with Crippen LogP contribution in [0, 0.1) is 0 Å². The van der Waals surface area contributed by atoms with E-state index >= 15 is 0 Å². The molecule has 1 aliphatic heterocycles. The Morgan fingerprint density at radius 3 is 1.07 bits per heavy atom. The molecule has 3 N–H and O–H groups in total. The molecule has 1 aliphatic rings. The first-order valence-electron chi connectivity index (χ1n) is 9.76. The minimum atomic E-state index is -0.953. The van der Waals surface area contributed by atoms with E-state index < -0.39 is 17.9 Å². The first-order valence-corrected chi connectivity index (χ1v) is 11.2. The van der Waals surface area contributed by atoms with Crippen LogP contribution in [-0.4, -0.2) is 135 Å². The van der Waals surface area contributed by atoms with Crippen molar-refractivity contribution < 1.29 is 49.1 Å². The Kier molecular flexibility index (Phi) is 12.4. The molecule has 0 spiro atoms. The maximum absolute atomic E-state index is 11.2. The molecule has 10 nitrogen and oxygen atoms in total. The van der Waals surface area contributed by atoms with Crippen molar-refractivity contribution in [3.05, 3.63) is 0 Å². The van der Waals surface area contributed by atoms with Crippen molar-refractivity contribution in [1.82, 2.24) is 19.6 Å². The Hall–Kier alpha value is -1.19. The predicted molar refractivity (Wildman–Crippen MR) is 104 cm³/mol. The van der Waals surface area contributed by atoms with Crippen LogP contribution in [0.25, 0.3) is 0 Å². The molecule has 0 unspecified atom stereocenters. The Labute approximate surface area is 182 Å². The third-order valence-corrected chi connectivity index (χ3v) is 6.30. The van der Waals surface area contributed by atoms with E-state index in [-0.39, 0.29) is 19.6 Å². The van der Waals surface area contributed by atoms with Gasteiger partial charge in [-0.25, -0.2) is 0 Å². The summed E-state index contributed by atoms with van der Waals surface area (Å²) >= 11 is 1.43. The van der Waals surface area contributed by atoms with Gasteiger partial charge in [0.2, 0.25) is 0 Å². The van der Waals surface area contributed by atoms with Crippen LogP contribution >= 0.6 is 0 Å². The summed E-state index contributed by atoms with van der Waals surface area (Å²) in [5.41, 5.74) is 0. The molecule has 11 heteroatoms. The molecule has 0 aromatic heterocycles. The zero-order chi connectivity index (χ0) is 21.8. The Morgan fingerprint density at radius 2 is 0.862 bits per heavy atom. The number of carboxylic acid groups (broad SMARTS) is 3. The van der Waals surface area contributed by atoms with Crippen molar-refractivity contribution in [2.45, 2.75) is 13.3 Å². The predicted octanol–water partition coefficient (Wildman–Crippen LogP) is -1.41. The molecule has 0 bridgehead atoms. The summed E-state index contributed by atoms with van der Waals surface area (Å²) in [6.45, 7) is 6.88. The number of carbonyl (C=O) groups is 3. The summed E-state index contributed by atoms with van der Waals surface area (Å²) in [7, 11) is 0. The molecule has 1 rings (SSSR count). The monoisotopic (exact) mass is 584 g/mol. The fraction of sp³-hybridized carbons (Fsp3) is 0.778. The van der Waals surface area contributed by atoms with Crippen LogP contribution in [0.4, 0.5) is 0 Å². The second kappa shape index (κ2) is 13.9. The van der Waals surface area contributed by atoms with E-state index in [2.05, 4.69) is 11.8 Å². The van der Waals surface area contributed by atoms with Crippen LogP contribution < -0.4 is 0 Å². The summed E-state index contributed by atoms with van der Waals surface area (Å²) in [5, 5.41) is 27.6. The fourth-order valence-electron chi connectivity index (χ4n) is 3.15. The van der Waals surface area contributed by atoms with Gasteiger partial charge in [0.05, 0.1) is 0 Å². The van der Waals surface area contributed by atoms with Crippen molar-refractivity contribution in [2.24, 2.45) is 0 Å². The van der Waals surface area contributed by atoms with E-state index in [0.29, 0.717) is 52.4 Å². The third-order valence-electron chi connectivity index (χ3n) is 4.80. The van der Waals surface area contributed by atoms with Crippen molar-refractivity contribution in [3.63, 3.8) is 0 Å². The first-order chi connectivity index (χ1) is 13.7. The van der Waals surface area contributed by atoms with Gasteiger partial charge in [0, 0.05) is 0 Å². The average Bonchev–Trinajstić information content (AvgIpc) is 2.62. The van der Waals surface area contributed by atoms with Crippen LogP contribution in [0.3, 0.4) is 0 Å². The van der Waals surface area contributed by atoms with E-state index in [0.717, 1.165) is 13.0 Å². The number of carboxylic acids is 3. The normalized spacial score (nSPS) is 19.2. The zero-order valence-corrected chi connectivity index (χ0v) is 19.9. The Balaban J connectivity index is 2.92. The number of nitrogens with zero attached hydrogens (tertiary/aromatic N) is 4. The van der Waals surface area contributed by atoms with Gasteiger partial charge in [0.1, 0.15) is 0 Å². The van der Waals surface area contributed by atoms with Gasteiger partial charge in [0.25, 0.3) is 0 Å². The van der Waals surface area contributed by atoms with Crippen molar-refractivity contribution in [3.8, 4) is 0 Å². The quantitative estimate of drug-likeness (QED) is 0.298. The molecule has 0 saturated carbocycles. The Morgan fingerprint density at radius 1 is 0.621 bits per heavy atom. The van der Waals surface area contributed by atoms with Crippen molar-refractivity contribution >= 4 is 21.8 Å².